The molecule has 2 aromatic rings. The largest absolute Gasteiger partial charge is 0.390 e. The van der Waals surface area contributed by atoms with E-state index < -0.39 is 6.10 Å². The fourth-order valence-electron chi connectivity index (χ4n) is 2.49. The molecule has 1 N–H and O–H groups in total. The average Bonchev–Trinajstić information content (AvgIpc) is 2.55. The van der Waals surface area contributed by atoms with E-state index in [4.69, 9.17) is 4.74 Å². The molecule has 0 aliphatic heterocycles. The van der Waals surface area contributed by atoms with Crippen molar-refractivity contribution < 1.29 is 14.6 Å². The second kappa shape index (κ2) is 9.23. The SMILES string of the molecule is CC(=O)c1cccc(CC(O)COCCCc2ccccc2)c1. The van der Waals surface area contributed by atoms with Crippen molar-refractivity contribution in [1.29, 1.82) is 0 Å². The average molecular weight is 312 g/mol. The number of rotatable bonds is 9. The number of benzene rings is 2. The Hall–Kier alpha value is -1.97. The standard InChI is InChI=1S/C20H24O3/c1-16(21)19-11-5-9-18(13-19)14-20(22)15-23-12-6-10-17-7-3-2-4-8-17/h2-5,7-9,11,13,20,22H,6,10,12,14-15H2,1H3. The van der Waals surface area contributed by atoms with Gasteiger partial charge in [-0.2, -0.15) is 0 Å². The molecule has 2 rings (SSSR count). The summed E-state index contributed by atoms with van der Waals surface area (Å²) < 4.78 is 5.55. The van der Waals surface area contributed by atoms with Crippen LogP contribution in [0.25, 0.3) is 0 Å². The second-order valence-electron chi connectivity index (χ2n) is 5.78. The van der Waals surface area contributed by atoms with E-state index in [0.29, 0.717) is 25.2 Å². The lowest BCUT2D eigenvalue weighted by Gasteiger charge is -2.12. The van der Waals surface area contributed by atoms with Crippen LogP contribution in [-0.4, -0.2) is 30.2 Å². The molecule has 0 spiro atoms. The van der Waals surface area contributed by atoms with Crippen molar-refractivity contribution in [3.63, 3.8) is 0 Å². The normalized spacial score (nSPS) is 12.1. The Bertz CT molecular complexity index is 607. The number of carbonyl (C=O) groups excluding carboxylic acids is 1. The number of ether oxygens (including phenoxy) is 1. The molecule has 0 aliphatic rings. The van der Waals surface area contributed by atoms with Crippen molar-refractivity contribution in [2.24, 2.45) is 0 Å². The highest BCUT2D eigenvalue weighted by atomic mass is 16.5. The van der Waals surface area contributed by atoms with Crippen molar-refractivity contribution in [2.75, 3.05) is 13.2 Å². The summed E-state index contributed by atoms with van der Waals surface area (Å²) in [6.07, 6.45) is 1.88. The van der Waals surface area contributed by atoms with Gasteiger partial charge in [0.15, 0.2) is 5.78 Å². The van der Waals surface area contributed by atoms with Crippen LogP contribution in [0, 0.1) is 0 Å². The minimum atomic E-state index is -0.547. The molecular formula is C20H24O3. The molecule has 0 amide bonds. The summed E-state index contributed by atoms with van der Waals surface area (Å²) in [5.74, 6) is 0.0403. The summed E-state index contributed by atoms with van der Waals surface area (Å²) in [5, 5.41) is 10.0. The van der Waals surface area contributed by atoms with Crippen LogP contribution in [0.15, 0.2) is 54.6 Å². The van der Waals surface area contributed by atoms with Crippen molar-refractivity contribution in [3.8, 4) is 0 Å². The highest BCUT2D eigenvalue weighted by Gasteiger charge is 2.07. The Morgan fingerprint density at radius 3 is 2.57 bits per heavy atom. The van der Waals surface area contributed by atoms with Crippen molar-refractivity contribution >= 4 is 5.78 Å². The molecule has 0 aliphatic carbocycles. The van der Waals surface area contributed by atoms with Crippen molar-refractivity contribution in [1.82, 2.24) is 0 Å². The maximum atomic E-state index is 11.4. The number of aliphatic hydroxyl groups excluding tert-OH is 1. The van der Waals surface area contributed by atoms with Crippen LogP contribution in [0.2, 0.25) is 0 Å². The second-order valence-corrected chi connectivity index (χ2v) is 5.78. The summed E-state index contributed by atoms with van der Waals surface area (Å²) in [5.41, 5.74) is 2.94. The van der Waals surface area contributed by atoms with Crippen LogP contribution in [-0.2, 0) is 17.6 Å². The third-order valence-corrected chi connectivity index (χ3v) is 3.71. The zero-order chi connectivity index (χ0) is 16.5. The number of hydrogen-bond donors (Lipinski definition) is 1. The predicted octanol–water partition coefficient (Wildman–Crippen LogP) is 3.44. The van der Waals surface area contributed by atoms with Gasteiger partial charge in [0.1, 0.15) is 0 Å². The first-order chi connectivity index (χ1) is 11.1. The first-order valence-corrected chi connectivity index (χ1v) is 8.05. The van der Waals surface area contributed by atoms with Gasteiger partial charge in [0.25, 0.3) is 0 Å². The lowest BCUT2D eigenvalue weighted by Crippen LogP contribution is -2.19. The summed E-state index contributed by atoms with van der Waals surface area (Å²) in [7, 11) is 0. The van der Waals surface area contributed by atoms with E-state index >= 15 is 0 Å². The van der Waals surface area contributed by atoms with E-state index in [9.17, 15) is 9.90 Å². The Morgan fingerprint density at radius 1 is 1.09 bits per heavy atom. The van der Waals surface area contributed by atoms with Crippen molar-refractivity contribution in [3.05, 3.63) is 71.3 Å². The molecular weight excluding hydrogens is 288 g/mol. The van der Waals surface area contributed by atoms with Crippen LogP contribution in [0.4, 0.5) is 0 Å². The van der Waals surface area contributed by atoms with Gasteiger partial charge < -0.3 is 9.84 Å². The van der Waals surface area contributed by atoms with E-state index in [2.05, 4.69) is 12.1 Å². The Morgan fingerprint density at radius 2 is 1.83 bits per heavy atom. The van der Waals surface area contributed by atoms with E-state index in [1.807, 2.05) is 36.4 Å². The van der Waals surface area contributed by atoms with Gasteiger partial charge in [0, 0.05) is 18.6 Å². The van der Waals surface area contributed by atoms with E-state index in [-0.39, 0.29) is 5.78 Å². The monoisotopic (exact) mass is 312 g/mol. The smallest absolute Gasteiger partial charge is 0.159 e. The molecule has 122 valence electrons. The number of hydrogen-bond acceptors (Lipinski definition) is 3. The predicted molar refractivity (Wildman–Crippen MR) is 91.7 cm³/mol. The first-order valence-electron chi connectivity index (χ1n) is 8.05. The van der Waals surface area contributed by atoms with Crippen LogP contribution in [0.5, 0.6) is 0 Å². The van der Waals surface area contributed by atoms with Crippen molar-refractivity contribution in [2.45, 2.75) is 32.3 Å². The lowest BCUT2D eigenvalue weighted by atomic mass is 10.0. The number of aliphatic hydroxyl groups is 1. The molecule has 23 heavy (non-hydrogen) atoms. The van der Waals surface area contributed by atoms with Crippen LogP contribution >= 0.6 is 0 Å². The topological polar surface area (TPSA) is 46.5 Å². The summed E-state index contributed by atoms with van der Waals surface area (Å²) >= 11 is 0. The summed E-state index contributed by atoms with van der Waals surface area (Å²) in [6, 6.07) is 17.7. The van der Waals surface area contributed by atoms with Gasteiger partial charge in [0.05, 0.1) is 12.7 Å². The highest BCUT2D eigenvalue weighted by Crippen LogP contribution is 2.09. The number of ketones is 1. The molecule has 0 fully saturated rings. The summed E-state index contributed by atoms with van der Waals surface area (Å²) in [6.45, 7) is 2.50. The molecule has 1 unspecified atom stereocenters. The third-order valence-electron chi connectivity index (χ3n) is 3.71. The molecule has 0 aromatic heterocycles. The zero-order valence-corrected chi connectivity index (χ0v) is 13.6. The molecule has 0 saturated carbocycles. The summed E-state index contributed by atoms with van der Waals surface area (Å²) in [4.78, 5) is 11.4. The van der Waals surface area contributed by atoms with Gasteiger partial charge in [-0.25, -0.2) is 0 Å². The quantitative estimate of drug-likeness (QED) is 0.570. The zero-order valence-electron chi connectivity index (χ0n) is 13.6. The maximum absolute atomic E-state index is 11.4. The maximum Gasteiger partial charge on any atom is 0.159 e. The minimum absolute atomic E-state index is 0.0403. The minimum Gasteiger partial charge on any atom is -0.390 e. The van der Waals surface area contributed by atoms with Gasteiger partial charge >= 0.3 is 0 Å². The Labute approximate surface area is 137 Å². The fourth-order valence-corrected chi connectivity index (χ4v) is 2.49. The van der Waals surface area contributed by atoms with Crippen LogP contribution in [0.1, 0.15) is 34.8 Å². The van der Waals surface area contributed by atoms with Gasteiger partial charge in [-0.15, -0.1) is 0 Å². The van der Waals surface area contributed by atoms with Gasteiger partial charge in [0.2, 0.25) is 0 Å². The molecule has 1 atom stereocenters. The van der Waals surface area contributed by atoms with Crippen LogP contribution in [0.3, 0.4) is 0 Å². The molecule has 0 radical (unpaired) electrons. The van der Waals surface area contributed by atoms with Gasteiger partial charge in [-0.1, -0.05) is 48.5 Å². The molecule has 3 heteroatoms. The number of carbonyl (C=O) groups is 1. The fraction of sp³-hybridized carbons (Fsp3) is 0.350. The van der Waals surface area contributed by atoms with E-state index in [1.54, 1.807) is 13.0 Å². The first kappa shape index (κ1) is 17.4. The highest BCUT2D eigenvalue weighted by molar-refractivity contribution is 5.94. The lowest BCUT2D eigenvalue weighted by molar-refractivity contribution is 0.0362. The van der Waals surface area contributed by atoms with Crippen LogP contribution < -0.4 is 0 Å². The molecule has 0 saturated heterocycles. The Kier molecular flexibility index (Phi) is 6.98. The third kappa shape index (κ3) is 6.35. The molecule has 0 heterocycles. The molecule has 0 bridgehead atoms. The number of aryl methyl sites for hydroxylation is 1. The molecule has 2 aromatic carbocycles. The number of Topliss-reactive ketones (excluding diaryl/α,β-unsaturated/α-hetero) is 1. The van der Waals surface area contributed by atoms with E-state index in [0.717, 1.165) is 18.4 Å². The molecule has 3 nitrogen and oxygen atoms in total. The van der Waals surface area contributed by atoms with E-state index in [1.165, 1.54) is 5.56 Å². The van der Waals surface area contributed by atoms with Gasteiger partial charge in [-0.3, -0.25) is 4.79 Å². The van der Waals surface area contributed by atoms with Gasteiger partial charge in [-0.05, 0) is 37.0 Å². The Balaban J connectivity index is 1.66.